The lowest BCUT2D eigenvalue weighted by Crippen LogP contribution is -2.59. The summed E-state index contributed by atoms with van der Waals surface area (Å²) in [6, 6.07) is 2.25. The van der Waals surface area contributed by atoms with E-state index in [1.807, 2.05) is 6.92 Å². The minimum atomic E-state index is -1.54. The summed E-state index contributed by atoms with van der Waals surface area (Å²) in [5, 5.41) is 28.3. The monoisotopic (exact) mass is 575 g/mol. The molecule has 220 valence electrons. The number of benzene rings is 1. The molecule has 1 aliphatic rings. The maximum absolute atomic E-state index is 13.0. The van der Waals surface area contributed by atoms with Gasteiger partial charge in [0.15, 0.2) is 23.9 Å². The molecule has 1 heterocycles. The van der Waals surface area contributed by atoms with E-state index in [1.165, 1.54) is 12.1 Å². The third kappa shape index (κ3) is 9.50. The summed E-state index contributed by atoms with van der Waals surface area (Å²) in [6.45, 7) is 5.13. The minimum Gasteiger partial charge on any atom is -0.504 e. The molecular weight excluding hydrogens is 538 g/mol. The highest BCUT2D eigenvalue weighted by molar-refractivity contribution is 6.22. The van der Waals surface area contributed by atoms with E-state index in [9.17, 15) is 29.7 Å². The van der Waals surface area contributed by atoms with Crippen LogP contribution in [0.2, 0.25) is 0 Å². The van der Waals surface area contributed by atoms with E-state index in [1.54, 1.807) is 13.8 Å². The van der Waals surface area contributed by atoms with Crippen LogP contribution in [-0.2, 0) is 38.1 Å². The van der Waals surface area contributed by atoms with E-state index in [0.29, 0.717) is 25.7 Å². The zero-order valence-electron chi connectivity index (χ0n) is 22.3. The number of alkyl halides is 1. The van der Waals surface area contributed by atoms with E-state index in [2.05, 4.69) is 0 Å². The highest BCUT2D eigenvalue weighted by Crippen LogP contribution is 2.33. The van der Waals surface area contributed by atoms with Gasteiger partial charge in [-0.05, 0) is 37.0 Å². The van der Waals surface area contributed by atoms with Crippen LogP contribution in [0.1, 0.15) is 70.2 Å². The fraction of sp³-hybridized carbons (Fsp3) is 0.654. The van der Waals surface area contributed by atoms with E-state index in [-0.39, 0.29) is 30.8 Å². The smallest absolute Gasteiger partial charge is 0.327 e. The summed E-state index contributed by atoms with van der Waals surface area (Å²) in [5.74, 6) is -3.12. The van der Waals surface area contributed by atoms with Gasteiger partial charge in [0, 0.05) is 12.8 Å². The van der Waals surface area contributed by atoms with Crippen LogP contribution >= 0.6 is 11.6 Å². The van der Waals surface area contributed by atoms with Gasteiger partial charge >= 0.3 is 17.9 Å². The summed E-state index contributed by atoms with van der Waals surface area (Å²) < 4.78 is 27.9. The average Bonchev–Trinajstić information content (AvgIpc) is 2.88. The van der Waals surface area contributed by atoms with Crippen LogP contribution < -0.4 is 5.73 Å². The predicted molar refractivity (Wildman–Crippen MR) is 138 cm³/mol. The van der Waals surface area contributed by atoms with Crippen LogP contribution in [-0.4, -0.2) is 76.8 Å². The van der Waals surface area contributed by atoms with Crippen molar-refractivity contribution in [3.8, 4) is 11.5 Å². The van der Waals surface area contributed by atoms with Crippen LogP contribution in [0.4, 0.5) is 0 Å². The molecule has 1 aromatic rings. The van der Waals surface area contributed by atoms with Gasteiger partial charge in [0.1, 0.15) is 12.1 Å². The molecule has 0 bridgehead atoms. The number of aromatic hydroxyl groups is 2. The Kier molecular flexibility index (Phi) is 13.2. The molecule has 1 aromatic carbocycles. The normalized spacial score (nSPS) is 23.3. The third-order valence-corrected chi connectivity index (χ3v) is 6.36. The first-order valence-corrected chi connectivity index (χ1v) is 13.4. The van der Waals surface area contributed by atoms with Gasteiger partial charge in [-0.15, -0.1) is 11.6 Å². The quantitative estimate of drug-likeness (QED) is 0.0836. The molecule has 1 fully saturated rings. The number of rotatable bonds is 14. The molecule has 5 N–H and O–H groups in total. The van der Waals surface area contributed by atoms with Crippen molar-refractivity contribution in [2.75, 3.05) is 6.61 Å². The molecule has 0 aliphatic carbocycles. The Morgan fingerprint density at radius 2 is 1.62 bits per heavy atom. The Bertz CT molecular complexity index is 962. The van der Waals surface area contributed by atoms with Crippen molar-refractivity contribution in [2.45, 2.75) is 102 Å². The predicted octanol–water partition coefficient (Wildman–Crippen LogP) is 2.53. The Balaban J connectivity index is 2.30. The number of nitrogens with two attached hydrogens (primary N) is 1. The molecule has 0 spiro atoms. The molecule has 2 rings (SSSR count). The van der Waals surface area contributed by atoms with Gasteiger partial charge in [-0.3, -0.25) is 14.4 Å². The largest absolute Gasteiger partial charge is 0.504 e. The zero-order chi connectivity index (χ0) is 29.1. The van der Waals surface area contributed by atoms with Crippen LogP contribution in [0.5, 0.6) is 11.5 Å². The molecule has 13 heteroatoms. The molecule has 1 saturated heterocycles. The summed E-state index contributed by atoms with van der Waals surface area (Å²) in [4.78, 5) is 37.9. The highest BCUT2D eigenvalue weighted by atomic mass is 35.5. The Morgan fingerprint density at radius 3 is 2.18 bits per heavy atom. The lowest BCUT2D eigenvalue weighted by Gasteiger charge is -2.41. The van der Waals surface area contributed by atoms with Crippen molar-refractivity contribution >= 4 is 29.5 Å². The van der Waals surface area contributed by atoms with Gasteiger partial charge in [0.25, 0.3) is 0 Å². The Morgan fingerprint density at radius 1 is 1.00 bits per heavy atom. The number of phenols is 2. The molecule has 0 amide bonds. The number of carbonyl (C=O) groups excluding carboxylic acids is 3. The second-order valence-electron chi connectivity index (χ2n) is 9.14. The number of esters is 3. The van der Waals surface area contributed by atoms with Gasteiger partial charge in [-0.1, -0.05) is 33.3 Å². The van der Waals surface area contributed by atoms with E-state index >= 15 is 0 Å². The van der Waals surface area contributed by atoms with Crippen molar-refractivity contribution in [3.05, 3.63) is 23.8 Å². The number of hydrogen-bond donors (Lipinski definition) is 4. The van der Waals surface area contributed by atoms with E-state index in [0.717, 1.165) is 6.07 Å². The van der Waals surface area contributed by atoms with Gasteiger partial charge in [-0.2, -0.15) is 0 Å². The molecular formula is C26H38ClNO11. The molecule has 7 atom stereocenters. The highest BCUT2D eigenvalue weighted by Gasteiger charge is 2.49. The van der Waals surface area contributed by atoms with Gasteiger partial charge in [0.2, 0.25) is 12.4 Å². The minimum absolute atomic E-state index is 0.0321. The first-order valence-electron chi connectivity index (χ1n) is 13.0. The standard InChI is InChI=1S/C26H38ClNO11/c1-4-7-18(31)36-17-13-35-26(24(38-20(33)9-6-3)23(17)37-19(32)8-5-2)39-25(34)22(28)21(27)14-10-11-15(29)16(30)12-14/h10-12,17-18,21-24,26,29-31H,4-9,13,28H2,1-3H3/t17-,18?,21?,22+,23+,24-,26?/m1/s1. The molecule has 0 saturated carbocycles. The van der Waals surface area contributed by atoms with Gasteiger partial charge < -0.3 is 44.7 Å². The lowest BCUT2D eigenvalue weighted by molar-refractivity contribution is -0.294. The lowest BCUT2D eigenvalue weighted by atomic mass is 10.0. The summed E-state index contributed by atoms with van der Waals surface area (Å²) in [6.07, 6.45) is -4.50. The van der Waals surface area contributed by atoms with E-state index in [4.69, 9.17) is 41.0 Å². The second-order valence-corrected chi connectivity index (χ2v) is 9.61. The maximum atomic E-state index is 13.0. The van der Waals surface area contributed by atoms with Crippen LogP contribution in [0.15, 0.2) is 18.2 Å². The van der Waals surface area contributed by atoms with Crippen molar-refractivity contribution in [1.82, 2.24) is 0 Å². The number of aliphatic hydroxyl groups is 1. The SMILES string of the molecule is CCCC(=O)O[C@H]1[C@H](OC(O)CCC)COC(OC(=O)[C@@H](N)C(Cl)c2ccc(O)c(O)c2)[C@@H]1OC(=O)CCC. The Labute approximate surface area is 232 Å². The topological polar surface area (TPSA) is 184 Å². The number of carbonyl (C=O) groups is 3. The third-order valence-electron chi connectivity index (χ3n) is 5.83. The van der Waals surface area contributed by atoms with Crippen molar-refractivity contribution in [2.24, 2.45) is 5.73 Å². The number of aliphatic hydroxyl groups excluding tert-OH is 1. The van der Waals surface area contributed by atoms with Crippen molar-refractivity contribution in [3.63, 3.8) is 0 Å². The summed E-state index contributed by atoms with van der Waals surface area (Å²) in [7, 11) is 0. The molecule has 3 unspecified atom stereocenters. The van der Waals surface area contributed by atoms with Crippen LogP contribution in [0, 0.1) is 0 Å². The van der Waals surface area contributed by atoms with Gasteiger partial charge in [0.05, 0.1) is 12.0 Å². The molecule has 0 aromatic heterocycles. The number of ether oxygens (including phenoxy) is 5. The molecule has 39 heavy (non-hydrogen) atoms. The number of hydrogen-bond acceptors (Lipinski definition) is 12. The Hall–Kier alpha value is -2.64. The second kappa shape index (κ2) is 15.8. The first-order chi connectivity index (χ1) is 18.5. The fourth-order valence-corrected chi connectivity index (χ4v) is 4.05. The van der Waals surface area contributed by atoms with Crippen LogP contribution in [0.25, 0.3) is 0 Å². The van der Waals surface area contributed by atoms with Gasteiger partial charge in [-0.25, -0.2) is 0 Å². The molecule has 0 radical (unpaired) electrons. The zero-order valence-corrected chi connectivity index (χ0v) is 23.0. The van der Waals surface area contributed by atoms with Crippen molar-refractivity contribution < 1.29 is 53.4 Å². The number of halogens is 1. The summed E-state index contributed by atoms with van der Waals surface area (Å²) >= 11 is 6.34. The summed E-state index contributed by atoms with van der Waals surface area (Å²) in [5.41, 5.74) is 6.25. The molecule has 1 aliphatic heterocycles. The first kappa shape index (κ1) is 32.6. The number of phenolic OH excluding ortho intramolecular Hbond substituents is 2. The van der Waals surface area contributed by atoms with E-state index < -0.39 is 66.0 Å². The fourth-order valence-electron chi connectivity index (χ4n) is 3.81. The van der Waals surface area contributed by atoms with Crippen molar-refractivity contribution in [1.29, 1.82) is 0 Å². The van der Waals surface area contributed by atoms with Crippen LogP contribution in [0.3, 0.4) is 0 Å². The molecule has 12 nitrogen and oxygen atoms in total. The maximum Gasteiger partial charge on any atom is 0.327 e. The average molecular weight is 576 g/mol.